The van der Waals surface area contributed by atoms with Gasteiger partial charge in [-0.05, 0) is 19.9 Å². The van der Waals surface area contributed by atoms with E-state index in [1.54, 1.807) is 18.7 Å². The molecule has 4 rings (SSSR count). The Kier molecular flexibility index (Phi) is 5.98. The molecule has 0 bridgehead atoms. The van der Waals surface area contributed by atoms with Crippen molar-refractivity contribution in [2.24, 2.45) is 0 Å². The van der Waals surface area contributed by atoms with Crippen LogP contribution < -0.4 is 10.2 Å². The Balaban J connectivity index is 1.36. The van der Waals surface area contributed by atoms with Gasteiger partial charge in [-0.1, -0.05) is 0 Å². The van der Waals surface area contributed by atoms with Crippen molar-refractivity contribution >= 4 is 17.6 Å². The molecule has 9 nitrogen and oxygen atoms in total. The molecule has 0 radical (unpaired) electrons. The second-order valence-corrected chi connectivity index (χ2v) is 7.90. The molecular formula is C21H28N6O3. The average Bonchev–Trinajstić information content (AvgIpc) is 3.25. The lowest BCUT2D eigenvalue weighted by Gasteiger charge is -2.38. The Morgan fingerprint density at radius 1 is 1.23 bits per heavy atom. The first-order valence-electron chi connectivity index (χ1n) is 10.4. The molecule has 2 aromatic heterocycles. The number of carbonyl (C=O) groups excluding carboxylic acids is 2. The Bertz CT molecular complexity index is 892. The third kappa shape index (κ3) is 4.46. The molecule has 2 aliphatic rings. The number of nitrogens with one attached hydrogen (secondary N) is 1. The van der Waals surface area contributed by atoms with Crippen LogP contribution in [0.25, 0.3) is 0 Å². The zero-order chi connectivity index (χ0) is 21.1. The van der Waals surface area contributed by atoms with Crippen molar-refractivity contribution in [1.82, 2.24) is 25.1 Å². The Labute approximate surface area is 176 Å². The topological polar surface area (TPSA) is 94.8 Å². The molecule has 160 valence electrons. The van der Waals surface area contributed by atoms with Gasteiger partial charge in [0.2, 0.25) is 11.8 Å². The van der Waals surface area contributed by atoms with Gasteiger partial charge in [0.1, 0.15) is 5.82 Å². The fourth-order valence-corrected chi connectivity index (χ4v) is 4.08. The summed E-state index contributed by atoms with van der Waals surface area (Å²) < 4.78 is 5.14. The molecule has 0 spiro atoms. The van der Waals surface area contributed by atoms with Crippen molar-refractivity contribution in [3.63, 3.8) is 0 Å². The quantitative estimate of drug-likeness (QED) is 0.773. The van der Waals surface area contributed by atoms with Crippen LogP contribution in [0.5, 0.6) is 0 Å². The van der Waals surface area contributed by atoms with Crippen molar-refractivity contribution < 1.29 is 14.0 Å². The maximum atomic E-state index is 13.0. The van der Waals surface area contributed by atoms with Crippen molar-refractivity contribution in [3.8, 4) is 0 Å². The van der Waals surface area contributed by atoms with Crippen molar-refractivity contribution in [1.29, 1.82) is 0 Å². The summed E-state index contributed by atoms with van der Waals surface area (Å²) in [6.07, 6.45) is 5.26. The van der Waals surface area contributed by atoms with E-state index in [0.29, 0.717) is 45.8 Å². The first-order valence-corrected chi connectivity index (χ1v) is 10.4. The van der Waals surface area contributed by atoms with Gasteiger partial charge in [-0.25, -0.2) is 4.98 Å². The molecule has 2 aromatic rings. The number of nitrogens with zero attached hydrogens (tertiary/aromatic N) is 5. The number of hydrogen-bond donors (Lipinski definition) is 1. The van der Waals surface area contributed by atoms with Gasteiger partial charge in [0.25, 0.3) is 0 Å². The van der Waals surface area contributed by atoms with E-state index in [4.69, 9.17) is 4.42 Å². The summed E-state index contributed by atoms with van der Waals surface area (Å²) >= 11 is 0. The highest BCUT2D eigenvalue weighted by molar-refractivity contribution is 5.89. The maximum absolute atomic E-state index is 13.0. The zero-order valence-corrected chi connectivity index (χ0v) is 17.5. The van der Waals surface area contributed by atoms with Crippen LogP contribution in [0.15, 0.2) is 29.2 Å². The van der Waals surface area contributed by atoms with Crippen molar-refractivity contribution in [2.75, 3.05) is 44.2 Å². The summed E-state index contributed by atoms with van der Waals surface area (Å²) in [5.41, 5.74) is 2.79. The predicted octanol–water partition coefficient (Wildman–Crippen LogP) is 0.726. The number of aryl methyl sites for hydroxylation is 2. The summed E-state index contributed by atoms with van der Waals surface area (Å²) in [6.45, 7) is 8.44. The molecule has 0 unspecified atom stereocenters. The molecule has 30 heavy (non-hydrogen) atoms. The largest absolute Gasteiger partial charge is 0.472 e. The number of furan rings is 1. The molecular weight excluding hydrogens is 384 g/mol. The zero-order valence-electron chi connectivity index (χ0n) is 17.5. The van der Waals surface area contributed by atoms with Gasteiger partial charge in [0.05, 0.1) is 36.4 Å². The summed E-state index contributed by atoms with van der Waals surface area (Å²) in [6, 6.07) is 1.44. The van der Waals surface area contributed by atoms with Crippen LogP contribution in [-0.2, 0) is 16.1 Å². The molecule has 1 N–H and O–H groups in total. The summed E-state index contributed by atoms with van der Waals surface area (Å²) in [5, 5.41) is 2.89. The molecule has 1 atom stereocenters. The predicted molar refractivity (Wildman–Crippen MR) is 111 cm³/mol. The minimum Gasteiger partial charge on any atom is -0.472 e. The SMILES string of the molecule is Cc1cnc(C)c(N2CCN(C(=O)C[C@@H]3C(=O)NCCN3Cc3ccoc3)CC2)n1. The number of anilines is 1. The third-order valence-electron chi connectivity index (χ3n) is 5.76. The molecule has 2 saturated heterocycles. The number of rotatable bonds is 5. The van der Waals surface area contributed by atoms with Crippen molar-refractivity contribution in [3.05, 3.63) is 41.7 Å². The summed E-state index contributed by atoms with van der Waals surface area (Å²) in [7, 11) is 0. The highest BCUT2D eigenvalue weighted by Gasteiger charge is 2.34. The smallest absolute Gasteiger partial charge is 0.237 e. The second kappa shape index (κ2) is 8.83. The fraction of sp³-hybridized carbons (Fsp3) is 0.524. The summed E-state index contributed by atoms with van der Waals surface area (Å²) in [5.74, 6) is 0.823. The lowest BCUT2D eigenvalue weighted by molar-refractivity contribution is -0.139. The lowest BCUT2D eigenvalue weighted by Crippen LogP contribution is -2.57. The maximum Gasteiger partial charge on any atom is 0.237 e. The molecule has 4 heterocycles. The number of aromatic nitrogens is 2. The molecule has 2 amide bonds. The van der Waals surface area contributed by atoms with Crippen molar-refractivity contribution in [2.45, 2.75) is 32.9 Å². The average molecular weight is 412 g/mol. The van der Waals surface area contributed by atoms with E-state index in [2.05, 4.69) is 25.1 Å². The van der Waals surface area contributed by atoms with Gasteiger partial charge in [0, 0.05) is 57.6 Å². The fourth-order valence-electron chi connectivity index (χ4n) is 4.08. The molecule has 0 aromatic carbocycles. The first-order chi connectivity index (χ1) is 14.5. The number of carbonyl (C=O) groups is 2. The second-order valence-electron chi connectivity index (χ2n) is 7.90. The molecule has 0 saturated carbocycles. The number of piperazine rings is 2. The lowest BCUT2D eigenvalue weighted by atomic mass is 10.1. The number of amides is 2. The molecule has 9 heteroatoms. The highest BCUT2D eigenvalue weighted by atomic mass is 16.3. The van der Waals surface area contributed by atoms with Gasteiger partial charge >= 0.3 is 0 Å². The van der Waals surface area contributed by atoms with Crippen LogP contribution in [0, 0.1) is 13.8 Å². The van der Waals surface area contributed by atoms with E-state index < -0.39 is 6.04 Å². The van der Waals surface area contributed by atoms with Gasteiger partial charge < -0.3 is 19.5 Å². The Hall–Kier alpha value is -2.94. The Morgan fingerprint density at radius 2 is 2.03 bits per heavy atom. The van der Waals surface area contributed by atoms with E-state index in [-0.39, 0.29) is 18.2 Å². The van der Waals surface area contributed by atoms with Gasteiger partial charge in [0.15, 0.2) is 0 Å². The Morgan fingerprint density at radius 3 is 2.77 bits per heavy atom. The minimum atomic E-state index is -0.455. The van der Waals surface area contributed by atoms with E-state index in [9.17, 15) is 9.59 Å². The van der Waals surface area contributed by atoms with Crippen LogP contribution in [-0.4, -0.2) is 76.9 Å². The van der Waals surface area contributed by atoms with Crippen LogP contribution in [0.4, 0.5) is 5.82 Å². The first kappa shape index (κ1) is 20.3. The van der Waals surface area contributed by atoms with Crippen LogP contribution in [0.1, 0.15) is 23.4 Å². The van der Waals surface area contributed by atoms with Gasteiger partial charge in [-0.15, -0.1) is 0 Å². The molecule has 2 fully saturated rings. The normalized spacial score (nSPS) is 20.3. The summed E-state index contributed by atoms with van der Waals surface area (Å²) in [4.78, 5) is 40.6. The number of hydrogen-bond acceptors (Lipinski definition) is 7. The monoisotopic (exact) mass is 412 g/mol. The minimum absolute atomic E-state index is 0.0148. The van der Waals surface area contributed by atoms with E-state index in [1.807, 2.05) is 24.8 Å². The van der Waals surface area contributed by atoms with Crippen LogP contribution >= 0.6 is 0 Å². The molecule has 0 aliphatic carbocycles. The van der Waals surface area contributed by atoms with E-state index >= 15 is 0 Å². The van der Waals surface area contributed by atoms with E-state index in [1.165, 1.54) is 0 Å². The standard InChI is InChI=1S/C21H28N6O3/c1-15-12-23-16(2)20(24-15)26-8-6-25(7-9-26)19(28)11-18-21(29)22-4-5-27(18)13-17-3-10-30-14-17/h3,10,12,14,18H,4-9,11,13H2,1-2H3,(H,22,29)/t18-/m1/s1. The van der Waals surface area contributed by atoms with Crippen LogP contribution in [0.3, 0.4) is 0 Å². The van der Waals surface area contributed by atoms with E-state index in [0.717, 1.165) is 22.8 Å². The van der Waals surface area contributed by atoms with Gasteiger partial charge in [-0.3, -0.25) is 19.5 Å². The van der Waals surface area contributed by atoms with Gasteiger partial charge in [-0.2, -0.15) is 0 Å². The van der Waals surface area contributed by atoms with Crippen LogP contribution in [0.2, 0.25) is 0 Å². The highest BCUT2D eigenvalue weighted by Crippen LogP contribution is 2.19. The third-order valence-corrected chi connectivity index (χ3v) is 5.76. The molecule has 2 aliphatic heterocycles.